The van der Waals surface area contributed by atoms with Crippen LogP contribution in [0.2, 0.25) is 0 Å². The third-order valence-electron chi connectivity index (χ3n) is 3.67. The number of hydrogen-bond donors (Lipinski definition) is 1. The zero-order chi connectivity index (χ0) is 13.9. The monoisotopic (exact) mass is 294 g/mol. The Morgan fingerprint density at radius 3 is 3.15 bits per heavy atom. The lowest BCUT2D eigenvalue weighted by atomic mass is 10.4. The first-order chi connectivity index (χ1) is 9.79. The van der Waals surface area contributed by atoms with Crippen molar-refractivity contribution in [3.63, 3.8) is 0 Å². The van der Waals surface area contributed by atoms with Gasteiger partial charge in [-0.15, -0.1) is 11.3 Å². The maximum Gasteiger partial charge on any atom is 0.195 e. The molecule has 0 bridgehead atoms. The van der Waals surface area contributed by atoms with Gasteiger partial charge >= 0.3 is 0 Å². The van der Waals surface area contributed by atoms with Gasteiger partial charge < -0.3 is 15.0 Å². The summed E-state index contributed by atoms with van der Waals surface area (Å²) in [5.74, 6) is 1.89. The maximum atomic E-state index is 5.72. The molecule has 0 spiro atoms. The van der Waals surface area contributed by atoms with Crippen LogP contribution in [0.5, 0.6) is 0 Å². The first-order valence-corrected chi connectivity index (χ1v) is 8.05. The topological polar surface area (TPSA) is 41.8 Å². The molecule has 5 nitrogen and oxygen atoms in total. The molecule has 2 aromatic rings. The normalized spacial score (nSPS) is 15.1. The van der Waals surface area contributed by atoms with Crippen molar-refractivity contribution in [2.75, 3.05) is 38.8 Å². The third kappa shape index (κ3) is 2.97. The van der Waals surface area contributed by atoms with Gasteiger partial charge in [0, 0.05) is 38.3 Å². The van der Waals surface area contributed by atoms with E-state index in [1.807, 2.05) is 7.05 Å². The SMILES string of the molecule is CNCc1c(N(C)CCOCC2CC2)nc2sccn12. The average Bonchev–Trinajstić information content (AvgIpc) is 3.04. The van der Waals surface area contributed by atoms with Crippen LogP contribution in [-0.2, 0) is 11.3 Å². The molecule has 0 aromatic carbocycles. The Bertz CT molecular complexity index is 561. The summed E-state index contributed by atoms with van der Waals surface area (Å²) in [7, 11) is 4.06. The van der Waals surface area contributed by atoms with Crippen LogP contribution in [0.1, 0.15) is 18.5 Å². The van der Waals surface area contributed by atoms with E-state index in [0.717, 1.165) is 43.0 Å². The second-order valence-corrected chi connectivity index (χ2v) is 6.28. The van der Waals surface area contributed by atoms with Crippen LogP contribution in [0, 0.1) is 5.92 Å². The average molecular weight is 294 g/mol. The Hall–Kier alpha value is -1.11. The first kappa shape index (κ1) is 13.9. The highest BCUT2D eigenvalue weighted by Crippen LogP contribution is 2.28. The van der Waals surface area contributed by atoms with Gasteiger partial charge in [0.05, 0.1) is 12.3 Å². The fraction of sp³-hybridized carbons (Fsp3) is 0.643. The highest BCUT2D eigenvalue weighted by Gasteiger charge is 2.21. The molecule has 110 valence electrons. The summed E-state index contributed by atoms with van der Waals surface area (Å²) in [5, 5.41) is 5.30. The van der Waals surface area contributed by atoms with Crippen LogP contribution < -0.4 is 10.2 Å². The lowest BCUT2D eigenvalue weighted by Crippen LogP contribution is -2.25. The van der Waals surface area contributed by atoms with Crippen molar-refractivity contribution in [3.8, 4) is 0 Å². The molecule has 2 aromatic heterocycles. The molecule has 1 saturated carbocycles. The number of nitrogens with one attached hydrogen (secondary N) is 1. The second kappa shape index (κ2) is 6.11. The fourth-order valence-electron chi connectivity index (χ4n) is 2.30. The summed E-state index contributed by atoms with van der Waals surface area (Å²) >= 11 is 1.67. The highest BCUT2D eigenvalue weighted by molar-refractivity contribution is 7.15. The number of aromatic nitrogens is 2. The Balaban J connectivity index is 1.64. The standard InChI is InChI=1S/C14H22N4OS/c1-15-9-12-13(16-14-18(12)6-8-20-14)17(2)5-7-19-10-11-3-4-11/h6,8,11,15H,3-5,7,9-10H2,1-2H3. The minimum atomic E-state index is 0.775. The lowest BCUT2D eigenvalue weighted by Gasteiger charge is -2.18. The van der Waals surface area contributed by atoms with Gasteiger partial charge in [-0.25, -0.2) is 4.98 Å². The van der Waals surface area contributed by atoms with Crippen molar-refractivity contribution >= 4 is 22.1 Å². The van der Waals surface area contributed by atoms with E-state index in [2.05, 4.69) is 33.2 Å². The second-order valence-electron chi connectivity index (χ2n) is 5.41. The van der Waals surface area contributed by atoms with Gasteiger partial charge in [-0.3, -0.25) is 4.40 Å². The predicted octanol–water partition coefficient (Wildman–Crippen LogP) is 1.98. The fourth-order valence-corrected chi connectivity index (χ4v) is 3.03. The van der Waals surface area contributed by atoms with Crippen molar-refractivity contribution in [3.05, 3.63) is 17.3 Å². The van der Waals surface area contributed by atoms with E-state index in [4.69, 9.17) is 9.72 Å². The van der Waals surface area contributed by atoms with Gasteiger partial charge in [0.1, 0.15) is 0 Å². The van der Waals surface area contributed by atoms with Gasteiger partial charge in [0.25, 0.3) is 0 Å². The summed E-state index contributed by atoms with van der Waals surface area (Å²) in [4.78, 5) is 7.97. The van der Waals surface area contributed by atoms with Crippen LogP contribution in [0.3, 0.4) is 0 Å². The van der Waals surface area contributed by atoms with Crippen LogP contribution in [0.25, 0.3) is 4.96 Å². The van der Waals surface area contributed by atoms with Crippen LogP contribution in [-0.4, -0.2) is 43.2 Å². The maximum absolute atomic E-state index is 5.72. The quantitative estimate of drug-likeness (QED) is 0.756. The number of nitrogens with zero attached hydrogens (tertiary/aromatic N) is 3. The van der Waals surface area contributed by atoms with E-state index < -0.39 is 0 Å². The van der Waals surface area contributed by atoms with Crippen LogP contribution in [0.15, 0.2) is 11.6 Å². The Morgan fingerprint density at radius 1 is 1.55 bits per heavy atom. The van der Waals surface area contributed by atoms with Crippen molar-refractivity contribution in [1.29, 1.82) is 0 Å². The number of imidazole rings is 1. The molecular weight excluding hydrogens is 272 g/mol. The predicted molar refractivity (Wildman–Crippen MR) is 82.6 cm³/mol. The van der Waals surface area contributed by atoms with E-state index in [9.17, 15) is 0 Å². The van der Waals surface area contributed by atoms with Crippen molar-refractivity contribution in [2.24, 2.45) is 5.92 Å². The molecule has 1 aliphatic rings. The van der Waals surface area contributed by atoms with Crippen molar-refractivity contribution < 1.29 is 4.74 Å². The molecule has 0 radical (unpaired) electrons. The zero-order valence-corrected chi connectivity index (χ0v) is 12.9. The number of anilines is 1. The van der Waals surface area contributed by atoms with Gasteiger partial charge in [-0.1, -0.05) is 0 Å². The Morgan fingerprint density at radius 2 is 2.40 bits per heavy atom. The number of likely N-dealkylation sites (N-methyl/N-ethyl adjacent to an activating group) is 1. The van der Waals surface area contributed by atoms with E-state index in [1.54, 1.807) is 11.3 Å². The van der Waals surface area contributed by atoms with Gasteiger partial charge in [0.2, 0.25) is 0 Å². The molecule has 2 heterocycles. The molecule has 3 rings (SSSR count). The summed E-state index contributed by atoms with van der Waals surface area (Å²) < 4.78 is 7.88. The Kier molecular flexibility index (Phi) is 4.24. The zero-order valence-electron chi connectivity index (χ0n) is 12.1. The third-order valence-corrected chi connectivity index (χ3v) is 4.42. The summed E-state index contributed by atoms with van der Waals surface area (Å²) in [6, 6.07) is 0. The molecule has 1 fully saturated rings. The number of ether oxygens (including phenoxy) is 1. The van der Waals surface area contributed by atoms with E-state index in [0.29, 0.717) is 0 Å². The molecule has 0 unspecified atom stereocenters. The molecule has 20 heavy (non-hydrogen) atoms. The number of rotatable bonds is 8. The minimum Gasteiger partial charge on any atom is -0.379 e. The molecule has 0 aliphatic heterocycles. The molecule has 0 saturated heterocycles. The smallest absolute Gasteiger partial charge is 0.195 e. The molecule has 0 amide bonds. The number of thiazole rings is 1. The molecular formula is C14H22N4OS. The number of hydrogen-bond acceptors (Lipinski definition) is 5. The number of fused-ring (bicyclic) bond motifs is 1. The highest BCUT2D eigenvalue weighted by atomic mass is 32.1. The van der Waals surface area contributed by atoms with Gasteiger partial charge in [-0.2, -0.15) is 0 Å². The lowest BCUT2D eigenvalue weighted by molar-refractivity contribution is 0.131. The van der Waals surface area contributed by atoms with E-state index in [-0.39, 0.29) is 0 Å². The first-order valence-electron chi connectivity index (χ1n) is 7.17. The van der Waals surface area contributed by atoms with Gasteiger partial charge in [-0.05, 0) is 25.8 Å². The molecule has 0 atom stereocenters. The van der Waals surface area contributed by atoms with E-state index >= 15 is 0 Å². The molecule has 6 heteroatoms. The van der Waals surface area contributed by atoms with E-state index in [1.165, 1.54) is 18.5 Å². The summed E-state index contributed by atoms with van der Waals surface area (Å²) in [5.41, 5.74) is 1.22. The van der Waals surface area contributed by atoms with Crippen LogP contribution in [0.4, 0.5) is 5.82 Å². The van der Waals surface area contributed by atoms with Crippen LogP contribution >= 0.6 is 11.3 Å². The minimum absolute atomic E-state index is 0.775. The Labute approximate surface area is 123 Å². The molecule has 1 N–H and O–H groups in total. The largest absolute Gasteiger partial charge is 0.379 e. The summed E-state index contributed by atoms with van der Waals surface area (Å²) in [6.07, 6.45) is 4.78. The van der Waals surface area contributed by atoms with Crippen molar-refractivity contribution in [1.82, 2.24) is 14.7 Å². The molecule has 1 aliphatic carbocycles. The van der Waals surface area contributed by atoms with Crippen molar-refractivity contribution in [2.45, 2.75) is 19.4 Å². The van der Waals surface area contributed by atoms with Gasteiger partial charge in [0.15, 0.2) is 10.8 Å². The summed E-state index contributed by atoms with van der Waals surface area (Å²) in [6.45, 7) is 3.40.